The molecule has 1 aliphatic heterocycles. The van der Waals surface area contributed by atoms with E-state index in [0.717, 1.165) is 0 Å². The third-order valence-electron chi connectivity index (χ3n) is 14.6. The van der Waals surface area contributed by atoms with Crippen LogP contribution in [0.25, 0.3) is 0 Å². The summed E-state index contributed by atoms with van der Waals surface area (Å²) in [5.41, 5.74) is 17.5. The first-order valence-electron chi connectivity index (χ1n) is 29.1. The normalized spacial score (nSPS) is 16.4. The van der Waals surface area contributed by atoms with Crippen LogP contribution in [0.4, 0.5) is 0 Å². The van der Waals surface area contributed by atoms with Gasteiger partial charge in [-0.3, -0.25) is 57.5 Å². The van der Waals surface area contributed by atoms with Crippen LogP contribution in [0.3, 0.4) is 0 Å². The topological polar surface area (TPSA) is 440 Å². The van der Waals surface area contributed by atoms with Gasteiger partial charge in [0, 0.05) is 32.2 Å². The molecular weight excluding hydrogens is 1150 g/mol. The monoisotopic (exact) mass is 1240 g/mol. The van der Waals surface area contributed by atoms with Crippen LogP contribution in [0.15, 0.2) is 60.7 Å². The third-order valence-corrected chi connectivity index (χ3v) is 15.3. The van der Waals surface area contributed by atoms with Gasteiger partial charge in [-0.2, -0.15) is 11.8 Å². The number of carboxylic acid groups (broad SMARTS) is 2. The van der Waals surface area contributed by atoms with E-state index in [-0.39, 0.29) is 51.0 Å². The van der Waals surface area contributed by atoms with Gasteiger partial charge in [-0.25, -0.2) is 4.79 Å². The summed E-state index contributed by atoms with van der Waals surface area (Å²) >= 11 is 1.34. The molecule has 11 atom stereocenters. The lowest BCUT2D eigenvalue weighted by molar-refractivity contribution is -0.149. The number of benzene rings is 2. The number of hydrogen-bond donors (Lipinski definition) is 13. The third kappa shape index (κ3) is 25.0. The summed E-state index contributed by atoms with van der Waals surface area (Å²) in [4.78, 5) is 175. The highest BCUT2D eigenvalue weighted by molar-refractivity contribution is 7.98. The fraction of sp³-hybridized carbons (Fsp3) is 0.576. The van der Waals surface area contributed by atoms with E-state index in [0.29, 0.717) is 23.3 Å². The van der Waals surface area contributed by atoms with Crippen LogP contribution < -0.4 is 59.7 Å². The van der Waals surface area contributed by atoms with Crippen molar-refractivity contribution in [2.75, 3.05) is 18.6 Å². The molecule has 16 N–H and O–H groups in total. The van der Waals surface area contributed by atoms with Gasteiger partial charge in [0.25, 0.3) is 0 Å². The lowest BCUT2D eigenvalue weighted by Gasteiger charge is -2.31. The molecule has 2 aromatic rings. The van der Waals surface area contributed by atoms with Gasteiger partial charge in [0.05, 0.1) is 12.5 Å². The van der Waals surface area contributed by atoms with E-state index < -0.39 is 181 Å². The zero-order chi connectivity index (χ0) is 65.1. The minimum atomic E-state index is -1.66. The maximum absolute atomic E-state index is 14.6. The second-order valence-corrected chi connectivity index (χ2v) is 23.5. The molecule has 0 aliphatic carbocycles. The number of nitrogens with zero attached hydrogens (tertiary/aromatic N) is 1. The highest BCUT2D eigenvalue weighted by atomic mass is 32.2. The summed E-state index contributed by atoms with van der Waals surface area (Å²) in [7, 11) is 0. The molecule has 480 valence electrons. The quantitative estimate of drug-likeness (QED) is 0.0394. The summed E-state index contributed by atoms with van der Waals surface area (Å²) in [6.07, 6.45) is 0.114. The van der Waals surface area contributed by atoms with Crippen LogP contribution in [0.5, 0.6) is 0 Å². The van der Waals surface area contributed by atoms with Gasteiger partial charge in [-0.15, -0.1) is 0 Å². The van der Waals surface area contributed by atoms with Crippen LogP contribution >= 0.6 is 11.8 Å². The van der Waals surface area contributed by atoms with Crippen molar-refractivity contribution in [1.29, 1.82) is 0 Å². The van der Waals surface area contributed by atoms with Gasteiger partial charge < -0.3 is 74.8 Å². The Bertz CT molecular complexity index is 2700. The molecule has 1 aliphatic rings. The molecule has 3 rings (SSSR count). The molecule has 1 fully saturated rings. The number of primary amides is 2. The standard InChI is InChI=1S/C59H88N12O15S/c1-8-34(6)49(70-53(79)39(22-24-47(74)75)64-51(77)38(21-23-45(61)72)63-50(76)37(60)31-46(62)73)57(83)65-40(25-27-87-7)52(78)66-41(28-32(2)3)54(80)67-42(29-35-16-11-9-12-17-35)55(81)69-48(33(4)5)56(82)68-43(30-36-18-13-10-14-19-36)58(84)71-26-15-20-44(71)59(85)86/h9-14,16-19,32-34,37-44,48-49H,8,15,20-31,60H2,1-7H3,(H2,61,72)(H2,62,73)(H,63,76)(H,64,77)(H,65,83)(H,66,78)(H,67,80)(H,68,82)(H,69,81)(H,70,79)(H,74,75)(H,85,86)/t34-,37-,38-,39-,40-,41-,42-,43-,44-,48-,49-/m0/s1. The summed E-state index contributed by atoms with van der Waals surface area (Å²) in [6.45, 7) is 10.5. The Morgan fingerprint density at radius 2 is 1.01 bits per heavy atom. The molecule has 1 saturated heterocycles. The van der Waals surface area contributed by atoms with Gasteiger partial charge in [-0.05, 0) is 79.4 Å². The zero-order valence-corrected chi connectivity index (χ0v) is 51.3. The average molecular weight is 1240 g/mol. The van der Waals surface area contributed by atoms with Crippen LogP contribution in [0.2, 0.25) is 0 Å². The number of hydrogen-bond acceptors (Lipinski definition) is 15. The van der Waals surface area contributed by atoms with Crippen molar-refractivity contribution in [1.82, 2.24) is 47.4 Å². The number of carboxylic acids is 2. The fourth-order valence-corrected chi connectivity index (χ4v) is 10.0. The van der Waals surface area contributed by atoms with Crippen LogP contribution in [-0.4, -0.2) is 171 Å². The number of aliphatic carboxylic acids is 2. The summed E-state index contributed by atoms with van der Waals surface area (Å²) in [5, 5.41) is 40.6. The van der Waals surface area contributed by atoms with Gasteiger partial charge in [0.2, 0.25) is 65.0 Å². The molecule has 0 bridgehead atoms. The molecule has 87 heavy (non-hydrogen) atoms. The van der Waals surface area contributed by atoms with Gasteiger partial charge in [-0.1, -0.05) is 109 Å². The number of likely N-dealkylation sites (tertiary alicyclic amines) is 1. The van der Waals surface area contributed by atoms with Crippen molar-refractivity contribution in [2.24, 2.45) is 35.0 Å². The van der Waals surface area contributed by atoms with Crippen molar-refractivity contribution in [3.63, 3.8) is 0 Å². The first-order valence-corrected chi connectivity index (χ1v) is 30.5. The van der Waals surface area contributed by atoms with E-state index in [2.05, 4.69) is 42.5 Å². The lowest BCUT2D eigenvalue weighted by atomic mass is 9.96. The summed E-state index contributed by atoms with van der Waals surface area (Å²) in [6, 6.07) is 3.82. The molecule has 27 nitrogen and oxygen atoms in total. The summed E-state index contributed by atoms with van der Waals surface area (Å²) in [5.74, 6) is -13.1. The smallest absolute Gasteiger partial charge is 0.326 e. The Morgan fingerprint density at radius 1 is 0.563 bits per heavy atom. The SMILES string of the molecule is CC[C@H](C)[C@H](NC(=O)[C@H](CCC(=O)O)NC(=O)[C@H](CCC(N)=O)NC(=O)[C@@H](N)CC(N)=O)C(=O)N[C@@H](CCSC)C(=O)N[C@@H](CC(C)C)C(=O)N[C@@H](Cc1ccccc1)C(=O)N[C@H](C(=O)N[C@@H](Cc1ccccc1)C(=O)N1CCC[C@H]1C(=O)O)C(C)C. The second kappa shape index (κ2) is 36.8. The van der Waals surface area contributed by atoms with E-state index in [1.54, 1.807) is 108 Å². The van der Waals surface area contributed by atoms with Crippen LogP contribution in [0.1, 0.15) is 117 Å². The Kier molecular flexibility index (Phi) is 30.9. The lowest BCUT2D eigenvalue weighted by Crippen LogP contribution is -2.62. The molecular formula is C59H88N12O15S. The summed E-state index contributed by atoms with van der Waals surface area (Å²) < 4.78 is 0. The Hall–Kier alpha value is -8.14. The predicted molar refractivity (Wildman–Crippen MR) is 322 cm³/mol. The Labute approximate surface area is 511 Å². The fourth-order valence-electron chi connectivity index (χ4n) is 9.57. The van der Waals surface area contributed by atoms with Crippen LogP contribution in [0, 0.1) is 17.8 Å². The van der Waals surface area contributed by atoms with Crippen molar-refractivity contribution in [3.05, 3.63) is 71.8 Å². The molecule has 11 amide bonds. The number of nitrogens with two attached hydrogens (primary N) is 3. The highest BCUT2D eigenvalue weighted by Gasteiger charge is 2.40. The van der Waals surface area contributed by atoms with E-state index in [4.69, 9.17) is 17.2 Å². The van der Waals surface area contributed by atoms with Gasteiger partial charge in [0.1, 0.15) is 54.4 Å². The van der Waals surface area contributed by atoms with Crippen molar-refractivity contribution < 1.29 is 72.5 Å². The minimum absolute atomic E-state index is 0.0163. The Balaban J connectivity index is 1.93. The first kappa shape index (κ1) is 73.1. The number of amides is 11. The molecule has 0 unspecified atom stereocenters. The molecule has 28 heteroatoms. The maximum atomic E-state index is 14.6. The van der Waals surface area contributed by atoms with Crippen molar-refractivity contribution >= 4 is 88.7 Å². The van der Waals surface area contributed by atoms with Crippen LogP contribution in [-0.2, 0) is 75.2 Å². The van der Waals surface area contributed by atoms with Gasteiger partial charge >= 0.3 is 11.9 Å². The predicted octanol–water partition coefficient (Wildman–Crippen LogP) is -0.740. The number of nitrogens with one attached hydrogen (secondary N) is 8. The second-order valence-electron chi connectivity index (χ2n) is 22.5. The zero-order valence-electron chi connectivity index (χ0n) is 50.5. The number of carbonyl (C=O) groups excluding carboxylic acids is 11. The van der Waals surface area contributed by atoms with E-state index >= 15 is 0 Å². The van der Waals surface area contributed by atoms with E-state index in [1.165, 1.54) is 16.7 Å². The maximum Gasteiger partial charge on any atom is 0.326 e. The largest absolute Gasteiger partial charge is 0.481 e. The number of carbonyl (C=O) groups is 13. The molecule has 0 saturated carbocycles. The van der Waals surface area contributed by atoms with Crippen molar-refractivity contribution in [3.8, 4) is 0 Å². The molecule has 0 radical (unpaired) electrons. The first-order chi connectivity index (χ1) is 41.1. The average Bonchev–Trinajstić information content (AvgIpc) is 2.80. The number of rotatable bonds is 38. The van der Waals surface area contributed by atoms with E-state index in [9.17, 15) is 72.5 Å². The minimum Gasteiger partial charge on any atom is -0.481 e. The Morgan fingerprint density at radius 3 is 1.52 bits per heavy atom. The van der Waals surface area contributed by atoms with E-state index in [1.807, 2.05) is 0 Å². The molecule has 2 aromatic carbocycles. The molecule has 0 aromatic heterocycles. The number of thioether (sulfide) groups is 1. The highest BCUT2D eigenvalue weighted by Crippen LogP contribution is 2.21. The molecule has 1 heterocycles. The molecule has 0 spiro atoms. The van der Waals surface area contributed by atoms with Gasteiger partial charge in [0.15, 0.2) is 0 Å². The van der Waals surface area contributed by atoms with Crippen molar-refractivity contribution in [2.45, 2.75) is 179 Å².